The molecule has 3 heterocycles. The number of nitrogens with zero attached hydrogens (tertiary/aromatic N) is 4. The molecule has 2 aliphatic heterocycles. The molecule has 0 unspecified atom stereocenters. The average molecular weight is 460 g/mol. The molecule has 1 atom stereocenters. The van der Waals surface area contributed by atoms with Crippen molar-refractivity contribution >= 4 is 45.9 Å². The van der Waals surface area contributed by atoms with E-state index in [9.17, 15) is 14.9 Å². The Hall–Kier alpha value is -3.77. The second-order valence-corrected chi connectivity index (χ2v) is 8.72. The fourth-order valence-electron chi connectivity index (χ4n) is 4.09. The first-order valence-electron chi connectivity index (χ1n) is 10.6. The molecule has 1 N–H and O–H groups in total. The van der Waals surface area contributed by atoms with Gasteiger partial charge >= 0.3 is 0 Å². The number of rotatable bonds is 4. The third-order valence-corrected chi connectivity index (χ3v) is 6.77. The van der Waals surface area contributed by atoms with Gasteiger partial charge < -0.3 is 19.9 Å². The van der Waals surface area contributed by atoms with Crippen LogP contribution in [0.1, 0.15) is 10.4 Å². The van der Waals surface area contributed by atoms with Gasteiger partial charge in [0.25, 0.3) is 5.91 Å². The maximum Gasteiger partial charge on any atom is 0.252 e. The van der Waals surface area contributed by atoms with Gasteiger partial charge in [0.1, 0.15) is 18.4 Å². The van der Waals surface area contributed by atoms with E-state index < -0.39 is 6.04 Å². The zero-order valence-electron chi connectivity index (χ0n) is 17.7. The van der Waals surface area contributed by atoms with E-state index in [1.807, 2.05) is 42.5 Å². The third-order valence-electron chi connectivity index (χ3n) is 5.76. The maximum absolute atomic E-state index is 13.0. The molecule has 0 bridgehead atoms. The van der Waals surface area contributed by atoms with E-state index >= 15 is 0 Å². The molecule has 0 aliphatic carbocycles. The lowest BCUT2D eigenvalue weighted by Gasteiger charge is -2.31. The normalized spacial score (nSPS) is 17.2. The molecule has 3 aromatic rings. The first-order valence-corrected chi connectivity index (χ1v) is 11.7. The molecular weight excluding hydrogens is 438 g/mol. The van der Waals surface area contributed by atoms with Crippen LogP contribution in [0.4, 0.5) is 11.4 Å². The van der Waals surface area contributed by atoms with Crippen molar-refractivity contribution in [3.05, 3.63) is 60.3 Å². The van der Waals surface area contributed by atoms with Crippen molar-refractivity contribution in [2.24, 2.45) is 0 Å². The topological polar surface area (TPSA) is 98.6 Å². The summed E-state index contributed by atoms with van der Waals surface area (Å²) >= 11 is 1.53. The lowest BCUT2D eigenvalue weighted by Crippen LogP contribution is -2.42. The van der Waals surface area contributed by atoms with E-state index in [1.165, 1.54) is 16.7 Å². The Labute approximate surface area is 195 Å². The van der Waals surface area contributed by atoms with E-state index in [2.05, 4.69) is 21.3 Å². The monoisotopic (exact) mass is 459 g/mol. The van der Waals surface area contributed by atoms with Crippen LogP contribution in [0.15, 0.2) is 54.7 Å². The highest BCUT2D eigenvalue weighted by molar-refractivity contribution is 7.99. The standard InChI is InChI=1S/C24H21N5O3S/c25-12-17-14-33-15-29(17)23(30)13-27-24(31)18-7-8-26-20-6-5-16(11-19(18)20)28-9-10-32-22-4-2-1-3-21(22)28/h1-8,11,17H,9-10,13-15H2,(H,27,31)/t17-/m1/s1. The average Bonchev–Trinajstić information content (AvgIpc) is 3.35. The van der Waals surface area contributed by atoms with Crippen LogP contribution in [0.25, 0.3) is 10.9 Å². The van der Waals surface area contributed by atoms with Crippen LogP contribution >= 0.6 is 11.8 Å². The summed E-state index contributed by atoms with van der Waals surface area (Å²) in [6.45, 7) is 1.10. The number of nitriles is 1. The van der Waals surface area contributed by atoms with Gasteiger partial charge in [0.15, 0.2) is 0 Å². The summed E-state index contributed by atoms with van der Waals surface area (Å²) in [6, 6.07) is 17.0. The summed E-state index contributed by atoms with van der Waals surface area (Å²) in [7, 11) is 0. The van der Waals surface area contributed by atoms with Gasteiger partial charge in [-0.1, -0.05) is 12.1 Å². The van der Waals surface area contributed by atoms with E-state index in [1.54, 1.807) is 12.3 Å². The Morgan fingerprint density at radius 3 is 3.00 bits per heavy atom. The molecule has 0 radical (unpaired) electrons. The molecule has 2 aromatic carbocycles. The summed E-state index contributed by atoms with van der Waals surface area (Å²) in [4.78, 5) is 33.6. The van der Waals surface area contributed by atoms with Gasteiger partial charge in [0, 0.05) is 23.0 Å². The number of para-hydroxylation sites is 2. The van der Waals surface area contributed by atoms with Crippen LogP contribution in [0.3, 0.4) is 0 Å². The van der Waals surface area contributed by atoms with Crippen molar-refractivity contribution in [3.8, 4) is 11.8 Å². The molecule has 33 heavy (non-hydrogen) atoms. The van der Waals surface area contributed by atoms with Gasteiger partial charge in [-0.2, -0.15) is 5.26 Å². The van der Waals surface area contributed by atoms with Crippen molar-refractivity contribution < 1.29 is 14.3 Å². The number of ether oxygens (including phenoxy) is 1. The molecule has 1 fully saturated rings. The number of nitrogens with one attached hydrogen (secondary N) is 1. The molecular formula is C24H21N5O3S. The summed E-state index contributed by atoms with van der Waals surface area (Å²) in [5.41, 5.74) is 3.05. The number of benzene rings is 2. The predicted octanol–water partition coefficient (Wildman–Crippen LogP) is 2.92. The van der Waals surface area contributed by atoms with E-state index in [4.69, 9.17) is 4.74 Å². The summed E-state index contributed by atoms with van der Waals surface area (Å²) in [5, 5.41) is 12.6. The first kappa shape index (κ1) is 21.1. The van der Waals surface area contributed by atoms with E-state index in [-0.39, 0.29) is 18.4 Å². The van der Waals surface area contributed by atoms with Crippen LogP contribution in [0, 0.1) is 11.3 Å². The lowest BCUT2D eigenvalue weighted by molar-refractivity contribution is -0.129. The highest BCUT2D eigenvalue weighted by Crippen LogP contribution is 2.37. The van der Waals surface area contributed by atoms with Crippen molar-refractivity contribution in [1.82, 2.24) is 15.2 Å². The quantitative estimate of drug-likeness (QED) is 0.641. The zero-order chi connectivity index (χ0) is 22.8. The minimum atomic E-state index is -0.444. The second kappa shape index (κ2) is 9.00. The van der Waals surface area contributed by atoms with Gasteiger partial charge in [0.05, 0.1) is 41.8 Å². The highest BCUT2D eigenvalue weighted by atomic mass is 32.2. The van der Waals surface area contributed by atoms with Crippen LogP contribution in [-0.4, -0.2) is 59.1 Å². The molecule has 5 rings (SSSR count). The Kier molecular flexibility index (Phi) is 5.75. The zero-order valence-corrected chi connectivity index (χ0v) is 18.5. The van der Waals surface area contributed by atoms with E-state index in [0.717, 1.165) is 17.1 Å². The van der Waals surface area contributed by atoms with Gasteiger partial charge in [-0.15, -0.1) is 11.8 Å². The molecule has 2 aliphatic rings. The van der Waals surface area contributed by atoms with Gasteiger partial charge in [0.2, 0.25) is 5.91 Å². The van der Waals surface area contributed by atoms with E-state index in [0.29, 0.717) is 41.2 Å². The summed E-state index contributed by atoms with van der Waals surface area (Å²) < 4.78 is 5.76. The van der Waals surface area contributed by atoms with Crippen LogP contribution in [0.5, 0.6) is 5.75 Å². The van der Waals surface area contributed by atoms with Crippen LogP contribution < -0.4 is 15.0 Å². The highest BCUT2D eigenvalue weighted by Gasteiger charge is 2.29. The number of carbonyl (C=O) groups excluding carboxylic acids is 2. The predicted molar refractivity (Wildman–Crippen MR) is 127 cm³/mol. The maximum atomic E-state index is 13.0. The Morgan fingerprint density at radius 2 is 2.12 bits per heavy atom. The number of hydrogen-bond acceptors (Lipinski definition) is 7. The molecule has 166 valence electrons. The third kappa shape index (κ3) is 4.05. The van der Waals surface area contributed by atoms with Gasteiger partial charge in [-0.25, -0.2) is 0 Å². The Bertz CT molecular complexity index is 1270. The minimum Gasteiger partial charge on any atom is -0.490 e. The van der Waals surface area contributed by atoms with Crippen LogP contribution in [0.2, 0.25) is 0 Å². The first-order chi connectivity index (χ1) is 16.2. The SMILES string of the molecule is N#C[C@@H]1CSCN1C(=O)CNC(=O)c1ccnc2ccc(N3CCOc4ccccc43)cc12. The molecule has 2 amide bonds. The fraction of sp³-hybridized carbons (Fsp3) is 0.250. The Balaban J connectivity index is 1.40. The molecule has 0 saturated carbocycles. The van der Waals surface area contributed by atoms with Crippen molar-refractivity contribution in [2.75, 3.05) is 36.2 Å². The van der Waals surface area contributed by atoms with Crippen molar-refractivity contribution in [2.45, 2.75) is 6.04 Å². The lowest BCUT2D eigenvalue weighted by atomic mass is 10.1. The number of amides is 2. The molecule has 1 aromatic heterocycles. The minimum absolute atomic E-state index is 0.155. The second-order valence-electron chi connectivity index (χ2n) is 7.72. The largest absolute Gasteiger partial charge is 0.490 e. The fourth-order valence-corrected chi connectivity index (χ4v) is 5.19. The number of aromatic nitrogens is 1. The van der Waals surface area contributed by atoms with Gasteiger partial charge in [-0.3, -0.25) is 14.6 Å². The Morgan fingerprint density at radius 1 is 1.24 bits per heavy atom. The number of fused-ring (bicyclic) bond motifs is 2. The van der Waals surface area contributed by atoms with Crippen molar-refractivity contribution in [3.63, 3.8) is 0 Å². The van der Waals surface area contributed by atoms with Crippen LogP contribution in [-0.2, 0) is 4.79 Å². The number of thioether (sulfide) groups is 1. The summed E-state index contributed by atoms with van der Waals surface area (Å²) in [6.07, 6.45) is 1.59. The number of carbonyl (C=O) groups is 2. The van der Waals surface area contributed by atoms with Gasteiger partial charge in [-0.05, 0) is 36.4 Å². The molecule has 9 heteroatoms. The molecule has 1 saturated heterocycles. The molecule has 8 nitrogen and oxygen atoms in total. The number of pyridine rings is 1. The number of anilines is 2. The summed E-state index contributed by atoms with van der Waals surface area (Å²) in [5.74, 6) is 1.27. The van der Waals surface area contributed by atoms with Crippen molar-refractivity contribution in [1.29, 1.82) is 5.26 Å². The number of hydrogen-bond donors (Lipinski definition) is 1. The smallest absolute Gasteiger partial charge is 0.252 e. The molecule has 0 spiro atoms.